The van der Waals surface area contributed by atoms with Crippen molar-refractivity contribution in [1.82, 2.24) is 15.0 Å². The highest BCUT2D eigenvalue weighted by Gasteiger charge is 2.31. The molecule has 13 nitrogen and oxygen atoms in total. The molecule has 2 rings (SSSR count). The molecule has 1 aromatic heterocycles. The highest BCUT2D eigenvalue weighted by atomic mass is 32.2. The molecule has 0 saturated carbocycles. The fraction of sp³-hybridized carbons (Fsp3) is 0.757. The fourth-order valence-corrected chi connectivity index (χ4v) is 12.5. The molecule has 0 atom stereocenters. The largest absolute Gasteiger partial charge is 0.507 e. The number of aromatic nitrogens is 3. The van der Waals surface area contributed by atoms with Gasteiger partial charge in [-0.15, -0.1) is 0 Å². The van der Waals surface area contributed by atoms with Crippen LogP contribution in [0.15, 0.2) is 22.4 Å². The van der Waals surface area contributed by atoms with Gasteiger partial charge in [0.2, 0.25) is 25.6 Å². The molecule has 0 radical (unpaired) electrons. The number of hydrogen-bond acceptors (Lipinski definition) is 13. The number of unbranched alkanes of at least 4 members (excludes halogenated alkanes) is 10. The van der Waals surface area contributed by atoms with Gasteiger partial charge in [0.05, 0.1) is 34.5 Å². The van der Waals surface area contributed by atoms with E-state index in [1.165, 1.54) is 0 Å². The van der Waals surface area contributed by atoms with Gasteiger partial charge in [0.25, 0.3) is 10.3 Å². The molecule has 0 aliphatic rings. The minimum atomic E-state index is -4.57. The van der Waals surface area contributed by atoms with E-state index in [1.807, 2.05) is 41.5 Å². The predicted octanol–water partition coefficient (Wildman–Crippen LogP) is 7.01. The van der Waals surface area contributed by atoms with Crippen LogP contribution >= 0.6 is 0 Å². The summed E-state index contributed by atoms with van der Waals surface area (Å²) in [6.45, 7) is 15.6. The van der Waals surface area contributed by atoms with E-state index in [9.17, 15) is 38.8 Å². The zero-order chi connectivity index (χ0) is 41.0. The zero-order valence-electron chi connectivity index (χ0n) is 33.6. The quantitative estimate of drug-likeness (QED) is 0.0807. The van der Waals surface area contributed by atoms with Crippen molar-refractivity contribution in [2.45, 2.75) is 154 Å². The summed E-state index contributed by atoms with van der Waals surface area (Å²) < 4.78 is 106. The molecule has 0 saturated heterocycles. The Bertz CT molecular complexity index is 1840. The number of phenolic OH excluding ortho intramolecular Hbond substituents is 1. The topological polar surface area (TPSA) is 207 Å². The van der Waals surface area contributed by atoms with Gasteiger partial charge in [-0.25, -0.2) is 33.7 Å². The number of rotatable bonds is 24. The van der Waals surface area contributed by atoms with Crippen molar-refractivity contribution in [3.05, 3.63) is 23.3 Å². The lowest BCUT2D eigenvalue weighted by molar-refractivity contribution is 0.423. The van der Waals surface area contributed by atoms with Gasteiger partial charge in [0.1, 0.15) is 5.75 Å². The smallest absolute Gasteiger partial charge is 0.253 e. The number of nitrogens with zero attached hydrogens (tertiary/aromatic N) is 3. The second-order valence-electron chi connectivity index (χ2n) is 16.2. The lowest BCUT2D eigenvalue weighted by Crippen LogP contribution is -2.25. The standard InChI is InChI=1S/C37H64N4O9S4/c1-9-11-13-15-17-19-21-51(43,44)23-25-53(47,48)34-39-33(38-29-27-30(36(3,4)5)32(42)31(28-29)37(6,7)8)40-35(41-34)54(49,50)26-24-52(45,46)22-20-18-16-14-12-10-2/h27-28,42H,9-26H2,1-8H3,(H,38,39,40,41). The van der Waals surface area contributed by atoms with Gasteiger partial charge in [0.15, 0.2) is 19.7 Å². The molecule has 1 aromatic carbocycles. The summed E-state index contributed by atoms with van der Waals surface area (Å²) in [5.41, 5.74) is 0.359. The molecule has 2 N–H and O–H groups in total. The molecule has 0 amide bonds. The summed E-state index contributed by atoms with van der Waals surface area (Å²) in [7, 11) is -16.7. The van der Waals surface area contributed by atoms with E-state index in [0.717, 1.165) is 51.4 Å². The second kappa shape index (κ2) is 20.2. The minimum absolute atomic E-state index is 0.0760. The van der Waals surface area contributed by atoms with Crippen LogP contribution in [0.1, 0.15) is 144 Å². The lowest BCUT2D eigenvalue weighted by Gasteiger charge is -2.28. The van der Waals surface area contributed by atoms with E-state index in [2.05, 4.69) is 34.1 Å². The zero-order valence-corrected chi connectivity index (χ0v) is 36.8. The van der Waals surface area contributed by atoms with Crippen LogP contribution in [-0.2, 0) is 50.2 Å². The summed E-state index contributed by atoms with van der Waals surface area (Å²) in [6, 6.07) is 3.25. The molecule has 0 bridgehead atoms. The summed E-state index contributed by atoms with van der Waals surface area (Å²) in [5, 5.41) is 12.2. The van der Waals surface area contributed by atoms with Crippen LogP contribution in [0.3, 0.4) is 0 Å². The average Bonchev–Trinajstić information content (AvgIpc) is 3.06. The highest BCUT2D eigenvalue weighted by Crippen LogP contribution is 2.41. The first kappa shape index (κ1) is 47.8. The number of aromatic hydroxyl groups is 1. The van der Waals surface area contributed by atoms with Gasteiger partial charge in [0, 0.05) is 16.8 Å². The Balaban J connectivity index is 2.51. The van der Waals surface area contributed by atoms with E-state index in [0.29, 0.717) is 42.5 Å². The van der Waals surface area contributed by atoms with Crippen molar-refractivity contribution in [2.75, 3.05) is 39.8 Å². The lowest BCUT2D eigenvalue weighted by atomic mass is 9.79. The van der Waals surface area contributed by atoms with Crippen LogP contribution < -0.4 is 5.32 Å². The monoisotopic (exact) mass is 836 g/mol. The summed E-state index contributed by atoms with van der Waals surface area (Å²) in [4.78, 5) is 11.9. The molecule has 0 unspecified atom stereocenters. The molecule has 1 heterocycles. The maximum absolute atomic E-state index is 13.6. The van der Waals surface area contributed by atoms with Crippen molar-refractivity contribution in [2.24, 2.45) is 0 Å². The molecule has 54 heavy (non-hydrogen) atoms. The number of sulfone groups is 4. The fourth-order valence-electron chi connectivity index (χ4n) is 5.72. The van der Waals surface area contributed by atoms with Crippen molar-refractivity contribution in [3.8, 4) is 5.75 Å². The predicted molar refractivity (Wildman–Crippen MR) is 217 cm³/mol. The summed E-state index contributed by atoms with van der Waals surface area (Å²) in [6.07, 6.45) is 10.2. The SMILES string of the molecule is CCCCCCCCS(=O)(=O)CCS(=O)(=O)c1nc(Nc2cc(C(C)(C)C)c(O)c(C(C)(C)C)c2)nc(S(=O)(=O)CCS(=O)(=O)CCCCCCCC)n1. The molecule has 17 heteroatoms. The van der Waals surface area contributed by atoms with E-state index >= 15 is 0 Å². The Morgan fingerprint density at radius 2 is 0.870 bits per heavy atom. The maximum atomic E-state index is 13.6. The third-order valence-corrected chi connectivity index (χ3v) is 16.0. The first-order valence-electron chi connectivity index (χ1n) is 19.1. The number of nitrogens with one attached hydrogen (secondary N) is 1. The first-order chi connectivity index (χ1) is 24.8. The van der Waals surface area contributed by atoms with Gasteiger partial charge in [-0.3, -0.25) is 0 Å². The van der Waals surface area contributed by atoms with Crippen molar-refractivity contribution < 1.29 is 38.8 Å². The van der Waals surface area contributed by atoms with Gasteiger partial charge >= 0.3 is 0 Å². The van der Waals surface area contributed by atoms with Crippen LogP contribution in [0.2, 0.25) is 0 Å². The van der Waals surface area contributed by atoms with Crippen LogP contribution in [0.5, 0.6) is 5.75 Å². The molecule has 0 aliphatic carbocycles. The molecule has 0 aliphatic heterocycles. The third-order valence-electron chi connectivity index (χ3n) is 9.08. The summed E-state index contributed by atoms with van der Waals surface area (Å²) in [5.74, 6) is -3.94. The highest BCUT2D eigenvalue weighted by molar-refractivity contribution is 7.95. The molecular weight excluding hydrogens is 773 g/mol. The van der Waals surface area contributed by atoms with Gasteiger partial charge < -0.3 is 10.4 Å². The molecular formula is C37H64N4O9S4. The van der Waals surface area contributed by atoms with Crippen molar-refractivity contribution >= 4 is 51.0 Å². The van der Waals surface area contributed by atoms with E-state index in [4.69, 9.17) is 0 Å². The van der Waals surface area contributed by atoms with Crippen molar-refractivity contribution in [3.63, 3.8) is 0 Å². The Hall–Kier alpha value is -2.37. The van der Waals surface area contributed by atoms with Gasteiger partial charge in [-0.1, -0.05) is 120 Å². The molecule has 2 aromatic rings. The number of anilines is 2. The van der Waals surface area contributed by atoms with Gasteiger partial charge in [-0.05, 0) is 35.8 Å². The molecule has 0 fully saturated rings. The average molecular weight is 837 g/mol. The Kier molecular flexibility index (Phi) is 17.8. The summed E-state index contributed by atoms with van der Waals surface area (Å²) >= 11 is 0. The molecule has 0 spiro atoms. The van der Waals surface area contributed by atoms with E-state index < -0.39 is 89.5 Å². The minimum Gasteiger partial charge on any atom is -0.507 e. The van der Waals surface area contributed by atoms with Crippen LogP contribution in [-0.4, -0.2) is 88.2 Å². The van der Waals surface area contributed by atoms with Crippen LogP contribution in [0.25, 0.3) is 0 Å². The Morgan fingerprint density at radius 3 is 1.22 bits per heavy atom. The normalized spacial score (nSPS) is 13.3. The molecule has 310 valence electrons. The Morgan fingerprint density at radius 1 is 0.519 bits per heavy atom. The van der Waals surface area contributed by atoms with Crippen molar-refractivity contribution in [1.29, 1.82) is 0 Å². The third kappa shape index (κ3) is 16.0. The Labute approximate surface area is 325 Å². The maximum Gasteiger partial charge on any atom is 0.253 e. The van der Waals surface area contributed by atoms with Gasteiger partial charge in [-0.2, -0.15) is 15.0 Å². The van der Waals surface area contributed by atoms with Crippen LogP contribution in [0, 0.1) is 0 Å². The number of phenols is 1. The second-order valence-corrected chi connectivity index (χ2v) is 24.9. The van der Waals surface area contributed by atoms with Crippen LogP contribution in [0.4, 0.5) is 11.6 Å². The van der Waals surface area contributed by atoms with E-state index in [-0.39, 0.29) is 17.3 Å². The number of hydrogen-bond donors (Lipinski definition) is 2. The van der Waals surface area contributed by atoms with E-state index in [1.54, 1.807) is 12.1 Å². The first-order valence-corrected chi connectivity index (χ1v) is 26.1. The number of benzene rings is 1.